The first kappa shape index (κ1) is 18.7. The van der Waals surface area contributed by atoms with Gasteiger partial charge in [-0.3, -0.25) is 9.69 Å². The number of phenolic OH excluding ortho intramolecular Hbond substituents is 1. The third-order valence-corrected chi connectivity index (χ3v) is 6.08. The summed E-state index contributed by atoms with van der Waals surface area (Å²) in [4.78, 5) is 16.2. The Morgan fingerprint density at radius 1 is 1.32 bits per heavy atom. The molecule has 1 aromatic rings. The predicted molar refractivity (Wildman–Crippen MR) is 94.9 cm³/mol. The van der Waals surface area contributed by atoms with Gasteiger partial charge in [0.1, 0.15) is 12.0 Å². The number of hydrogen-bond donors (Lipinski definition) is 3. The Labute approximate surface area is 156 Å². The smallest absolute Gasteiger partial charge is 0.224 e. The summed E-state index contributed by atoms with van der Waals surface area (Å²) in [6.45, 7) is 2.41. The minimum absolute atomic E-state index is 0.00489. The van der Waals surface area contributed by atoms with E-state index in [1.54, 1.807) is 15.9 Å². The van der Waals surface area contributed by atoms with Crippen LogP contribution in [0.4, 0.5) is 0 Å². The van der Waals surface area contributed by atoms with Crippen LogP contribution in [0.1, 0.15) is 31.2 Å². The minimum Gasteiger partial charge on any atom is -0.508 e. The maximum absolute atomic E-state index is 12.6. The number of benzene rings is 1. The molecule has 0 aromatic heterocycles. The monoisotopic (exact) mass is 388 g/mol. The second-order valence-corrected chi connectivity index (χ2v) is 7.63. The van der Waals surface area contributed by atoms with Crippen molar-refractivity contribution >= 4 is 29.1 Å². The van der Waals surface area contributed by atoms with Gasteiger partial charge < -0.3 is 20.2 Å². The van der Waals surface area contributed by atoms with Crippen molar-refractivity contribution in [3.63, 3.8) is 0 Å². The number of aromatic hydroxyl groups is 1. The molecule has 0 spiro atoms. The lowest BCUT2D eigenvalue weighted by atomic mass is 9.95. The first-order valence-electron chi connectivity index (χ1n) is 8.34. The van der Waals surface area contributed by atoms with E-state index in [0.29, 0.717) is 35.1 Å². The van der Waals surface area contributed by atoms with Crippen LogP contribution in [0.25, 0.3) is 0 Å². The lowest BCUT2D eigenvalue weighted by Gasteiger charge is -2.32. The van der Waals surface area contributed by atoms with Gasteiger partial charge in [-0.25, -0.2) is 0 Å². The molecule has 1 unspecified atom stereocenters. The van der Waals surface area contributed by atoms with E-state index >= 15 is 0 Å². The normalized spacial score (nSPS) is 28.8. The number of carbonyl (C=O) groups is 1. The van der Waals surface area contributed by atoms with E-state index in [1.807, 2.05) is 6.92 Å². The van der Waals surface area contributed by atoms with Crippen molar-refractivity contribution in [3.05, 3.63) is 27.7 Å². The van der Waals surface area contributed by atoms with Crippen LogP contribution in [0.5, 0.6) is 5.75 Å². The Morgan fingerprint density at radius 3 is 2.72 bits per heavy atom. The van der Waals surface area contributed by atoms with E-state index in [1.165, 1.54) is 6.07 Å². The first-order valence-corrected chi connectivity index (χ1v) is 9.10. The fourth-order valence-electron chi connectivity index (χ4n) is 3.98. The molecule has 2 saturated heterocycles. The maximum Gasteiger partial charge on any atom is 0.224 e. The lowest BCUT2D eigenvalue weighted by molar-refractivity contribution is -0.131. The number of carbonyl (C=O) groups excluding carboxylic acids is 1. The SMILES string of the molecule is C[C@H]1CC(=O)N2C[C@@H](c3c(O)ccc(Cl)c3Cl)C[C@H]2CN1C(O)CO. The number of rotatable bonds is 3. The van der Waals surface area contributed by atoms with Gasteiger partial charge in [-0.05, 0) is 25.5 Å². The molecule has 2 fully saturated rings. The van der Waals surface area contributed by atoms with Gasteiger partial charge in [-0.15, -0.1) is 0 Å². The molecule has 2 aliphatic rings. The fourth-order valence-corrected chi connectivity index (χ4v) is 4.46. The van der Waals surface area contributed by atoms with Gasteiger partial charge in [0.05, 0.1) is 16.7 Å². The number of halogens is 2. The zero-order valence-corrected chi connectivity index (χ0v) is 15.4. The topological polar surface area (TPSA) is 84.2 Å². The molecule has 0 aliphatic carbocycles. The highest BCUT2D eigenvalue weighted by molar-refractivity contribution is 6.42. The van der Waals surface area contributed by atoms with E-state index in [0.717, 1.165) is 0 Å². The van der Waals surface area contributed by atoms with Crippen molar-refractivity contribution in [2.75, 3.05) is 19.7 Å². The van der Waals surface area contributed by atoms with Gasteiger partial charge in [0.15, 0.2) is 0 Å². The Kier molecular flexibility index (Phi) is 5.46. The molecule has 0 bridgehead atoms. The predicted octanol–water partition coefficient (Wildman–Crippen LogP) is 1.79. The average Bonchev–Trinajstić information content (AvgIpc) is 2.94. The number of fused-ring (bicyclic) bond motifs is 1. The number of aliphatic hydroxyl groups is 2. The molecule has 0 radical (unpaired) electrons. The van der Waals surface area contributed by atoms with Crippen molar-refractivity contribution in [2.45, 2.75) is 44.0 Å². The largest absolute Gasteiger partial charge is 0.508 e. The Morgan fingerprint density at radius 2 is 2.04 bits per heavy atom. The molecule has 8 heteroatoms. The quantitative estimate of drug-likeness (QED) is 0.734. The molecule has 2 heterocycles. The molecule has 4 atom stereocenters. The number of amides is 1. The van der Waals surface area contributed by atoms with Gasteiger partial charge >= 0.3 is 0 Å². The summed E-state index contributed by atoms with van der Waals surface area (Å²) in [7, 11) is 0. The van der Waals surface area contributed by atoms with Gasteiger partial charge in [-0.2, -0.15) is 0 Å². The van der Waals surface area contributed by atoms with Crippen molar-refractivity contribution in [1.29, 1.82) is 0 Å². The molecule has 25 heavy (non-hydrogen) atoms. The van der Waals surface area contributed by atoms with E-state index in [-0.39, 0.29) is 42.7 Å². The zero-order valence-electron chi connectivity index (χ0n) is 13.9. The summed E-state index contributed by atoms with van der Waals surface area (Å²) in [5.41, 5.74) is 0.567. The highest BCUT2D eigenvalue weighted by Crippen LogP contribution is 2.43. The second kappa shape index (κ2) is 7.29. The van der Waals surface area contributed by atoms with Crippen LogP contribution in [-0.2, 0) is 4.79 Å². The van der Waals surface area contributed by atoms with Crippen molar-refractivity contribution in [1.82, 2.24) is 9.80 Å². The number of hydrogen-bond acceptors (Lipinski definition) is 5. The average molecular weight is 389 g/mol. The molecule has 3 rings (SSSR count). The molecule has 138 valence electrons. The van der Waals surface area contributed by atoms with E-state index in [9.17, 15) is 20.1 Å². The van der Waals surface area contributed by atoms with Crippen molar-refractivity contribution in [2.24, 2.45) is 0 Å². The molecule has 6 nitrogen and oxygen atoms in total. The molecule has 1 amide bonds. The van der Waals surface area contributed by atoms with Crippen LogP contribution in [0.15, 0.2) is 12.1 Å². The highest BCUT2D eigenvalue weighted by Gasteiger charge is 2.43. The summed E-state index contributed by atoms with van der Waals surface area (Å²) in [5.74, 6) is -0.0444. The van der Waals surface area contributed by atoms with Crippen LogP contribution < -0.4 is 0 Å². The number of phenols is 1. The zero-order chi connectivity index (χ0) is 18.3. The summed E-state index contributed by atoms with van der Waals surface area (Å²) in [6, 6.07) is 2.79. The van der Waals surface area contributed by atoms with Crippen LogP contribution >= 0.6 is 23.2 Å². The van der Waals surface area contributed by atoms with Gasteiger partial charge in [-0.1, -0.05) is 23.2 Å². The molecular weight excluding hydrogens is 367 g/mol. The van der Waals surface area contributed by atoms with Gasteiger partial charge in [0.25, 0.3) is 0 Å². The van der Waals surface area contributed by atoms with Gasteiger partial charge in [0, 0.05) is 43.1 Å². The summed E-state index contributed by atoms with van der Waals surface area (Å²) >= 11 is 12.4. The van der Waals surface area contributed by atoms with Crippen LogP contribution in [-0.4, -0.2) is 69.0 Å². The van der Waals surface area contributed by atoms with Crippen LogP contribution in [0.2, 0.25) is 10.0 Å². The van der Waals surface area contributed by atoms with Crippen molar-refractivity contribution in [3.8, 4) is 5.75 Å². The number of nitrogens with zero attached hydrogens (tertiary/aromatic N) is 2. The third kappa shape index (κ3) is 3.46. The Balaban J connectivity index is 1.88. The summed E-state index contributed by atoms with van der Waals surface area (Å²) in [6.07, 6.45) is -0.110. The van der Waals surface area contributed by atoms with E-state index in [2.05, 4.69) is 0 Å². The molecule has 2 aliphatic heterocycles. The fraction of sp³-hybridized carbons (Fsp3) is 0.588. The summed E-state index contributed by atoms with van der Waals surface area (Å²) < 4.78 is 0. The highest BCUT2D eigenvalue weighted by atomic mass is 35.5. The third-order valence-electron chi connectivity index (χ3n) is 5.26. The minimum atomic E-state index is -0.995. The second-order valence-electron chi connectivity index (χ2n) is 6.84. The van der Waals surface area contributed by atoms with E-state index in [4.69, 9.17) is 23.2 Å². The number of aliphatic hydroxyl groups excluding tert-OH is 2. The van der Waals surface area contributed by atoms with Crippen LogP contribution in [0, 0.1) is 0 Å². The first-order chi connectivity index (χ1) is 11.8. The molecule has 1 aromatic carbocycles. The van der Waals surface area contributed by atoms with Gasteiger partial charge in [0.2, 0.25) is 5.91 Å². The lowest BCUT2D eigenvalue weighted by Crippen LogP contribution is -2.47. The summed E-state index contributed by atoms with van der Waals surface area (Å²) in [5, 5.41) is 30.2. The van der Waals surface area contributed by atoms with Crippen LogP contribution in [0.3, 0.4) is 0 Å². The Hall–Kier alpha value is -1.05. The molecular formula is C17H22Cl2N2O4. The van der Waals surface area contributed by atoms with Crippen molar-refractivity contribution < 1.29 is 20.1 Å². The Bertz CT molecular complexity index is 672. The molecule has 3 N–H and O–H groups in total. The van der Waals surface area contributed by atoms with E-state index < -0.39 is 6.23 Å². The molecule has 0 saturated carbocycles. The standard InChI is InChI=1S/C17H22Cl2N2O4/c1-9-4-14(24)21-6-10(5-11(21)7-20(9)15(25)8-22)16-13(23)3-2-12(18)17(16)19/h2-3,9-11,15,22-23,25H,4-8H2,1H3/t9-,10-,11-,15?/m0/s1. The maximum atomic E-state index is 12.6.